The highest BCUT2D eigenvalue weighted by Gasteiger charge is 2.13. The Balaban J connectivity index is 1.84. The molecule has 0 aliphatic heterocycles. The molecule has 0 spiro atoms. The van der Waals surface area contributed by atoms with Gasteiger partial charge in [0.15, 0.2) is 0 Å². The Morgan fingerprint density at radius 3 is 3.05 bits per heavy atom. The highest BCUT2D eigenvalue weighted by atomic mass is 35.5. The fourth-order valence-corrected chi connectivity index (χ4v) is 2.06. The van der Waals surface area contributed by atoms with Crippen LogP contribution in [-0.4, -0.2) is 20.7 Å². The fraction of sp³-hybridized carbons (Fsp3) is 0.286. The number of aryl methyl sites for hydroxylation is 1. The van der Waals surface area contributed by atoms with Crippen LogP contribution in [0.3, 0.4) is 0 Å². The number of carbonyl (C=O) groups excluding carboxylic acids is 1. The van der Waals surface area contributed by atoms with Crippen molar-refractivity contribution in [3.63, 3.8) is 0 Å². The number of halogens is 1. The molecule has 1 N–H and O–H groups in total. The Kier molecular flexibility index (Phi) is 5.29. The predicted molar refractivity (Wildman–Crippen MR) is 77.2 cm³/mol. The first kappa shape index (κ1) is 15.0. The van der Waals surface area contributed by atoms with Crippen LogP contribution in [-0.2, 0) is 11.3 Å². The van der Waals surface area contributed by atoms with Gasteiger partial charge in [-0.05, 0) is 24.1 Å². The second kappa shape index (κ2) is 7.41. The summed E-state index contributed by atoms with van der Waals surface area (Å²) in [6.45, 7) is 0.613. The molecule has 1 aromatic heterocycles. The lowest BCUT2D eigenvalue weighted by molar-refractivity contribution is -0.121. The highest BCUT2D eigenvalue weighted by molar-refractivity contribution is 6.30. The predicted octanol–water partition coefficient (Wildman–Crippen LogP) is 2.09. The maximum Gasteiger partial charge on any atom is 0.221 e. The molecule has 1 amide bonds. The summed E-state index contributed by atoms with van der Waals surface area (Å²) in [6, 6.07) is 8.27. The minimum atomic E-state index is -0.692. The number of aromatic nitrogens is 3. The molecule has 0 aliphatic rings. The third-order valence-electron chi connectivity index (χ3n) is 2.87. The number of nitrogens with one attached hydrogen (secondary N) is 1. The largest absolute Gasteiger partial charge is 0.337 e. The lowest BCUT2D eigenvalue weighted by Crippen LogP contribution is -2.27. The van der Waals surface area contributed by atoms with E-state index in [4.69, 9.17) is 16.9 Å². The maximum absolute atomic E-state index is 11.9. The van der Waals surface area contributed by atoms with Crippen molar-refractivity contribution in [3.05, 3.63) is 47.5 Å². The first-order chi connectivity index (χ1) is 10.2. The van der Waals surface area contributed by atoms with Crippen molar-refractivity contribution < 1.29 is 4.79 Å². The van der Waals surface area contributed by atoms with E-state index >= 15 is 0 Å². The van der Waals surface area contributed by atoms with Crippen LogP contribution in [0.5, 0.6) is 0 Å². The van der Waals surface area contributed by atoms with E-state index in [1.807, 2.05) is 0 Å². The fourth-order valence-electron chi connectivity index (χ4n) is 1.86. The van der Waals surface area contributed by atoms with E-state index in [1.165, 1.54) is 6.33 Å². The standard InChI is InChI=1S/C14H14ClN5O/c15-12-4-1-3-11(7-12)13(8-16)19-14(21)5-2-6-20-10-17-9-18-20/h1,3-4,7,9-10,13H,2,5-6H2,(H,19,21)/t13-/m1/s1. The topological polar surface area (TPSA) is 83.6 Å². The molecular weight excluding hydrogens is 290 g/mol. The SMILES string of the molecule is N#C[C@@H](NC(=O)CCCn1cncn1)c1cccc(Cl)c1. The van der Waals surface area contributed by atoms with Crippen molar-refractivity contribution in [2.45, 2.75) is 25.4 Å². The molecule has 0 saturated carbocycles. The van der Waals surface area contributed by atoms with Crippen molar-refractivity contribution in [1.82, 2.24) is 20.1 Å². The second-order valence-electron chi connectivity index (χ2n) is 4.45. The zero-order valence-corrected chi connectivity index (χ0v) is 12.0. The van der Waals surface area contributed by atoms with E-state index in [0.717, 1.165) is 0 Å². The number of hydrogen-bond acceptors (Lipinski definition) is 4. The number of nitrogens with zero attached hydrogens (tertiary/aromatic N) is 4. The van der Waals surface area contributed by atoms with Gasteiger partial charge in [0.2, 0.25) is 5.91 Å². The van der Waals surface area contributed by atoms with Crippen LogP contribution in [0, 0.1) is 11.3 Å². The summed E-state index contributed by atoms with van der Waals surface area (Å²) in [5.74, 6) is -0.179. The van der Waals surface area contributed by atoms with Gasteiger partial charge in [-0.3, -0.25) is 9.48 Å². The Labute approximate surface area is 127 Å². The molecule has 7 heteroatoms. The number of benzene rings is 1. The molecule has 6 nitrogen and oxygen atoms in total. The Hall–Kier alpha value is -2.39. The molecule has 0 saturated heterocycles. The Bertz CT molecular complexity index is 635. The van der Waals surface area contributed by atoms with Crippen LogP contribution in [0.15, 0.2) is 36.9 Å². The molecule has 0 fully saturated rings. The van der Waals surface area contributed by atoms with Gasteiger partial charge in [-0.1, -0.05) is 23.7 Å². The van der Waals surface area contributed by atoms with Crippen molar-refractivity contribution in [3.8, 4) is 6.07 Å². The van der Waals surface area contributed by atoms with Crippen molar-refractivity contribution in [2.24, 2.45) is 0 Å². The van der Waals surface area contributed by atoms with Gasteiger partial charge in [-0.2, -0.15) is 10.4 Å². The summed E-state index contributed by atoms with van der Waals surface area (Å²) in [7, 11) is 0. The van der Waals surface area contributed by atoms with Crippen LogP contribution < -0.4 is 5.32 Å². The van der Waals surface area contributed by atoms with E-state index in [2.05, 4.69) is 21.5 Å². The van der Waals surface area contributed by atoms with E-state index in [9.17, 15) is 4.79 Å². The number of carbonyl (C=O) groups is 1. The van der Waals surface area contributed by atoms with Gasteiger partial charge in [0.1, 0.15) is 18.7 Å². The molecule has 0 unspecified atom stereocenters. The van der Waals surface area contributed by atoms with Crippen molar-refractivity contribution >= 4 is 17.5 Å². The zero-order chi connectivity index (χ0) is 15.1. The summed E-state index contributed by atoms with van der Waals surface area (Å²) in [4.78, 5) is 15.7. The third-order valence-corrected chi connectivity index (χ3v) is 3.11. The maximum atomic E-state index is 11.9. The minimum absolute atomic E-state index is 0.179. The normalized spacial score (nSPS) is 11.6. The van der Waals surface area contributed by atoms with Crippen molar-refractivity contribution in [1.29, 1.82) is 5.26 Å². The first-order valence-electron chi connectivity index (χ1n) is 6.46. The highest BCUT2D eigenvalue weighted by Crippen LogP contribution is 2.17. The average Bonchev–Trinajstić information content (AvgIpc) is 2.98. The zero-order valence-electron chi connectivity index (χ0n) is 11.2. The summed E-state index contributed by atoms with van der Waals surface area (Å²) in [6.07, 6.45) is 3.99. The Morgan fingerprint density at radius 2 is 2.38 bits per heavy atom. The van der Waals surface area contributed by atoms with E-state index < -0.39 is 6.04 Å². The monoisotopic (exact) mass is 303 g/mol. The van der Waals surface area contributed by atoms with E-state index in [0.29, 0.717) is 30.0 Å². The van der Waals surface area contributed by atoms with Crippen molar-refractivity contribution in [2.75, 3.05) is 0 Å². The van der Waals surface area contributed by atoms with Gasteiger partial charge >= 0.3 is 0 Å². The molecule has 0 radical (unpaired) electrons. The lowest BCUT2D eigenvalue weighted by atomic mass is 10.1. The molecular formula is C14H14ClN5O. The lowest BCUT2D eigenvalue weighted by Gasteiger charge is -2.12. The summed E-state index contributed by atoms with van der Waals surface area (Å²) >= 11 is 5.89. The molecule has 2 rings (SSSR count). The molecule has 21 heavy (non-hydrogen) atoms. The van der Waals surface area contributed by atoms with Gasteiger partial charge in [0.25, 0.3) is 0 Å². The van der Waals surface area contributed by atoms with E-state index in [1.54, 1.807) is 35.3 Å². The number of nitriles is 1. The minimum Gasteiger partial charge on any atom is -0.337 e. The summed E-state index contributed by atoms with van der Waals surface area (Å²) in [5.41, 5.74) is 0.676. The third kappa shape index (κ3) is 4.58. The van der Waals surface area contributed by atoms with Gasteiger partial charge in [0, 0.05) is 18.0 Å². The number of rotatable bonds is 6. The quantitative estimate of drug-likeness (QED) is 0.885. The van der Waals surface area contributed by atoms with E-state index in [-0.39, 0.29) is 5.91 Å². The molecule has 1 aromatic carbocycles. The smallest absolute Gasteiger partial charge is 0.221 e. The van der Waals surface area contributed by atoms with Crippen LogP contribution in [0.4, 0.5) is 0 Å². The molecule has 108 valence electrons. The Morgan fingerprint density at radius 1 is 1.52 bits per heavy atom. The molecule has 1 atom stereocenters. The van der Waals surface area contributed by atoms with Gasteiger partial charge in [-0.25, -0.2) is 4.98 Å². The van der Waals surface area contributed by atoms with Gasteiger partial charge in [0.05, 0.1) is 6.07 Å². The molecule has 2 aromatic rings. The van der Waals surface area contributed by atoms with Gasteiger partial charge in [-0.15, -0.1) is 0 Å². The van der Waals surface area contributed by atoms with Crippen LogP contribution >= 0.6 is 11.6 Å². The summed E-state index contributed by atoms with van der Waals surface area (Å²) < 4.78 is 1.66. The van der Waals surface area contributed by atoms with Crippen LogP contribution in [0.1, 0.15) is 24.4 Å². The summed E-state index contributed by atoms with van der Waals surface area (Å²) in [5, 5.41) is 16.3. The molecule has 0 bridgehead atoms. The van der Waals surface area contributed by atoms with Gasteiger partial charge < -0.3 is 5.32 Å². The molecule has 0 aliphatic carbocycles. The van der Waals surface area contributed by atoms with Crippen LogP contribution in [0.25, 0.3) is 0 Å². The average molecular weight is 304 g/mol. The second-order valence-corrected chi connectivity index (χ2v) is 4.88. The number of amides is 1. The molecule has 1 heterocycles. The van der Waals surface area contributed by atoms with Crippen LogP contribution in [0.2, 0.25) is 5.02 Å². The first-order valence-corrected chi connectivity index (χ1v) is 6.83. The number of hydrogen-bond donors (Lipinski definition) is 1.